The number of methoxy groups -OCH3 is 3. The number of nitriles is 1. The van der Waals surface area contributed by atoms with Crippen LogP contribution in [0.5, 0.6) is 17.2 Å². The molecule has 2 aromatic rings. The van der Waals surface area contributed by atoms with Gasteiger partial charge in [0.1, 0.15) is 17.2 Å². The maximum Gasteiger partial charge on any atom is 0.123 e. The van der Waals surface area contributed by atoms with Crippen LogP contribution < -0.4 is 14.2 Å². The van der Waals surface area contributed by atoms with Crippen LogP contribution in [0, 0.1) is 18.3 Å². The fraction of sp³-hybridized carbons (Fsp3) is 0.316. The quantitative estimate of drug-likeness (QED) is 0.812. The van der Waals surface area contributed by atoms with E-state index >= 15 is 0 Å². The predicted octanol–water partition coefficient (Wildman–Crippen LogP) is 3.87. The van der Waals surface area contributed by atoms with Crippen molar-refractivity contribution in [1.82, 2.24) is 0 Å². The molecular weight excluding hydrogens is 290 g/mol. The van der Waals surface area contributed by atoms with Gasteiger partial charge in [0.25, 0.3) is 0 Å². The molecule has 2 rings (SSSR count). The van der Waals surface area contributed by atoms with E-state index < -0.39 is 0 Å². The van der Waals surface area contributed by atoms with Gasteiger partial charge in [0.2, 0.25) is 0 Å². The Kier molecular flexibility index (Phi) is 5.48. The van der Waals surface area contributed by atoms with Crippen LogP contribution in [0.2, 0.25) is 0 Å². The molecule has 1 unspecified atom stereocenters. The second-order valence-corrected chi connectivity index (χ2v) is 5.31. The maximum absolute atomic E-state index is 9.66. The minimum absolute atomic E-state index is 0.328. The van der Waals surface area contributed by atoms with Crippen molar-refractivity contribution < 1.29 is 14.2 Å². The maximum atomic E-state index is 9.66. The van der Waals surface area contributed by atoms with Crippen molar-refractivity contribution in [2.24, 2.45) is 0 Å². The number of hydrogen-bond acceptors (Lipinski definition) is 4. The third kappa shape index (κ3) is 3.75. The second-order valence-electron chi connectivity index (χ2n) is 5.31. The molecule has 0 aliphatic carbocycles. The summed E-state index contributed by atoms with van der Waals surface area (Å²) in [6.45, 7) is 2.00. The van der Waals surface area contributed by atoms with E-state index in [2.05, 4.69) is 6.07 Å². The molecule has 23 heavy (non-hydrogen) atoms. The first-order chi connectivity index (χ1) is 11.1. The Bertz CT molecular complexity index is 719. The third-order valence-corrected chi connectivity index (χ3v) is 3.83. The zero-order valence-corrected chi connectivity index (χ0v) is 13.9. The molecule has 0 fully saturated rings. The first-order valence-corrected chi connectivity index (χ1v) is 7.38. The largest absolute Gasteiger partial charge is 0.497 e. The zero-order valence-electron chi connectivity index (χ0n) is 13.9. The predicted molar refractivity (Wildman–Crippen MR) is 89.3 cm³/mol. The highest BCUT2D eigenvalue weighted by molar-refractivity contribution is 5.46. The molecule has 0 aromatic heterocycles. The van der Waals surface area contributed by atoms with Gasteiger partial charge in [-0.05, 0) is 43.2 Å². The van der Waals surface area contributed by atoms with Crippen molar-refractivity contribution in [2.45, 2.75) is 19.3 Å². The smallest absolute Gasteiger partial charge is 0.123 e. The summed E-state index contributed by atoms with van der Waals surface area (Å²) in [5.41, 5.74) is 2.92. The third-order valence-electron chi connectivity index (χ3n) is 3.83. The Morgan fingerprint density at radius 2 is 1.65 bits per heavy atom. The van der Waals surface area contributed by atoms with E-state index in [1.165, 1.54) is 0 Å². The van der Waals surface area contributed by atoms with Crippen molar-refractivity contribution in [3.63, 3.8) is 0 Å². The molecule has 0 saturated carbocycles. The van der Waals surface area contributed by atoms with E-state index in [1.54, 1.807) is 21.3 Å². The normalized spacial score (nSPS) is 11.4. The van der Waals surface area contributed by atoms with Gasteiger partial charge in [0.05, 0.1) is 33.3 Å². The van der Waals surface area contributed by atoms with Crippen molar-refractivity contribution in [2.75, 3.05) is 21.3 Å². The molecule has 1 atom stereocenters. The summed E-state index contributed by atoms with van der Waals surface area (Å²) in [6, 6.07) is 13.9. The Hall–Kier alpha value is -2.67. The average Bonchev–Trinajstić information content (AvgIpc) is 2.59. The summed E-state index contributed by atoms with van der Waals surface area (Å²) < 4.78 is 16.1. The van der Waals surface area contributed by atoms with Gasteiger partial charge in [0.15, 0.2) is 0 Å². The molecule has 120 valence electrons. The molecule has 0 N–H and O–H groups in total. The fourth-order valence-electron chi connectivity index (χ4n) is 2.61. The zero-order chi connectivity index (χ0) is 16.8. The van der Waals surface area contributed by atoms with E-state index in [-0.39, 0.29) is 5.92 Å². The minimum atomic E-state index is -0.328. The van der Waals surface area contributed by atoms with Gasteiger partial charge in [0, 0.05) is 5.56 Å². The molecule has 4 nitrogen and oxygen atoms in total. The van der Waals surface area contributed by atoms with Gasteiger partial charge in [-0.25, -0.2) is 0 Å². The highest BCUT2D eigenvalue weighted by Crippen LogP contribution is 2.33. The number of benzene rings is 2. The molecule has 0 saturated heterocycles. The van der Waals surface area contributed by atoms with E-state index in [0.717, 1.165) is 33.9 Å². The van der Waals surface area contributed by atoms with Gasteiger partial charge in [-0.15, -0.1) is 0 Å². The Labute approximate surface area is 137 Å². The van der Waals surface area contributed by atoms with Crippen LogP contribution in [0.1, 0.15) is 22.6 Å². The summed E-state index contributed by atoms with van der Waals surface area (Å²) in [6.07, 6.45) is 0.524. The molecule has 0 amide bonds. The number of rotatable bonds is 6. The van der Waals surface area contributed by atoms with Gasteiger partial charge >= 0.3 is 0 Å². The Balaban J connectivity index is 2.41. The number of aryl methyl sites for hydroxylation is 1. The van der Waals surface area contributed by atoms with Crippen LogP contribution >= 0.6 is 0 Å². The van der Waals surface area contributed by atoms with Crippen LogP contribution in [-0.4, -0.2) is 21.3 Å². The summed E-state index contributed by atoms with van der Waals surface area (Å²) in [5.74, 6) is 1.89. The number of nitrogens with zero attached hydrogens (tertiary/aromatic N) is 1. The lowest BCUT2D eigenvalue weighted by Crippen LogP contribution is -2.05. The highest BCUT2D eigenvalue weighted by atomic mass is 16.5. The van der Waals surface area contributed by atoms with Crippen LogP contribution in [0.25, 0.3) is 0 Å². The fourth-order valence-corrected chi connectivity index (χ4v) is 2.61. The van der Waals surface area contributed by atoms with E-state index in [1.807, 2.05) is 43.3 Å². The van der Waals surface area contributed by atoms with E-state index in [9.17, 15) is 5.26 Å². The molecule has 0 radical (unpaired) electrons. The van der Waals surface area contributed by atoms with Gasteiger partial charge in [-0.2, -0.15) is 5.26 Å². The van der Waals surface area contributed by atoms with E-state index in [0.29, 0.717) is 6.42 Å². The number of hydrogen-bond donors (Lipinski definition) is 0. The molecule has 0 bridgehead atoms. The number of ether oxygens (including phenoxy) is 3. The lowest BCUT2D eigenvalue weighted by atomic mass is 9.91. The first kappa shape index (κ1) is 16.7. The minimum Gasteiger partial charge on any atom is -0.497 e. The second kappa shape index (κ2) is 7.55. The lowest BCUT2D eigenvalue weighted by molar-refractivity contribution is 0.396. The molecule has 4 heteroatoms. The Morgan fingerprint density at radius 1 is 0.957 bits per heavy atom. The van der Waals surface area contributed by atoms with Crippen LogP contribution in [0.3, 0.4) is 0 Å². The van der Waals surface area contributed by atoms with E-state index in [4.69, 9.17) is 14.2 Å². The first-order valence-electron chi connectivity index (χ1n) is 7.38. The average molecular weight is 311 g/mol. The van der Waals surface area contributed by atoms with Gasteiger partial charge in [-0.1, -0.05) is 17.7 Å². The molecule has 0 spiro atoms. The standard InChI is InChI=1S/C19H21NO3/c1-13-5-7-19(23-4)17(9-13)15(12-20)10-14-11-16(21-2)6-8-18(14)22-3/h5-9,11,15H,10H2,1-4H3. The monoisotopic (exact) mass is 311 g/mol. The summed E-state index contributed by atoms with van der Waals surface area (Å²) >= 11 is 0. The molecule has 0 aliphatic rings. The molecule has 2 aromatic carbocycles. The molecule has 0 aliphatic heterocycles. The van der Waals surface area contributed by atoms with Gasteiger partial charge < -0.3 is 14.2 Å². The van der Waals surface area contributed by atoms with Crippen molar-refractivity contribution >= 4 is 0 Å². The molecular formula is C19H21NO3. The lowest BCUT2D eigenvalue weighted by Gasteiger charge is -2.17. The SMILES string of the molecule is COc1ccc(OC)c(CC(C#N)c2cc(C)ccc2OC)c1. The van der Waals surface area contributed by atoms with Crippen molar-refractivity contribution in [3.05, 3.63) is 53.1 Å². The highest BCUT2D eigenvalue weighted by Gasteiger charge is 2.19. The van der Waals surface area contributed by atoms with Crippen LogP contribution in [0.15, 0.2) is 36.4 Å². The molecule has 0 heterocycles. The van der Waals surface area contributed by atoms with Crippen molar-refractivity contribution in [1.29, 1.82) is 5.26 Å². The van der Waals surface area contributed by atoms with Crippen LogP contribution in [-0.2, 0) is 6.42 Å². The summed E-state index contributed by atoms with van der Waals surface area (Å²) in [4.78, 5) is 0. The van der Waals surface area contributed by atoms with Crippen LogP contribution in [0.4, 0.5) is 0 Å². The van der Waals surface area contributed by atoms with Crippen molar-refractivity contribution in [3.8, 4) is 23.3 Å². The summed E-state index contributed by atoms with van der Waals surface area (Å²) in [7, 11) is 4.87. The summed E-state index contributed by atoms with van der Waals surface area (Å²) in [5, 5.41) is 9.66. The Morgan fingerprint density at radius 3 is 2.26 bits per heavy atom. The van der Waals surface area contributed by atoms with Gasteiger partial charge in [-0.3, -0.25) is 0 Å². The topological polar surface area (TPSA) is 51.5 Å².